The molecule has 0 saturated heterocycles. The molecule has 9 heteroatoms. The molecule has 0 fully saturated rings. The van der Waals surface area contributed by atoms with Crippen LogP contribution in [0.25, 0.3) is 0 Å². The number of nitrogens with zero attached hydrogens (tertiary/aromatic N) is 4. The minimum Gasteiger partial charge on any atom is -0.467 e. The van der Waals surface area contributed by atoms with Gasteiger partial charge in [0.1, 0.15) is 11.8 Å². The lowest BCUT2D eigenvalue weighted by Gasteiger charge is -2.19. The highest BCUT2D eigenvalue weighted by Crippen LogP contribution is 2.34. The quantitative estimate of drug-likeness (QED) is 0.616. The van der Waals surface area contributed by atoms with Crippen LogP contribution in [0, 0.1) is 11.3 Å². The molecule has 2 unspecified atom stereocenters. The van der Waals surface area contributed by atoms with E-state index in [1.54, 1.807) is 66.9 Å². The fourth-order valence-corrected chi connectivity index (χ4v) is 3.65. The summed E-state index contributed by atoms with van der Waals surface area (Å²) in [4.78, 5) is 13.2. The molecule has 1 amide bonds. The fraction of sp³-hybridized carbons (Fsp3) is 0.136. The number of benzene rings is 2. The molecule has 0 radical (unpaired) electrons. The predicted octanol–water partition coefficient (Wildman–Crippen LogP) is 3.72. The van der Waals surface area contributed by atoms with E-state index in [4.69, 9.17) is 9.68 Å². The average Bonchev–Trinajstić information content (AvgIpc) is 3.48. The van der Waals surface area contributed by atoms with E-state index in [9.17, 15) is 13.6 Å². The maximum Gasteiger partial charge on any atom is 0.274 e. The Morgan fingerprint density at radius 1 is 1.23 bits per heavy atom. The van der Waals surface area contributed by atoms with E-state index in [1.165, 1.54) is 16.4 Å². The van der Waals surface area contributed by atoms with Crippen LogP contribution >= 0.6 is 0 Å². The van der Waals surface area contributed by atoms with E-state index in [0.29, 0.717) is 34.7 Å². The molecule has 156 valence electrons. The minimum absolute atomic E-state index is 0.298. The maximum atomic E-state index is 13.2. The van der Waals surface area contributed by atoms with Crippen molar-refractivity contribution in [2.75, 3.05) is 11.4 Å². The Bertz CT molecular complexity index is 1180. The van der Waals surface area contributed by atoms with Crippen molar-refractivity contribution in [3.8, 4) is 6.07 Å². The first kappa shape index (κ1) is 20.5. The summed E-state index contributed by atoms with van der Waals surface area (Å²) in [6, 6.07) is 18.6. The fourth-order valence-electron chi connectivity index (χ4n) is 3.35. The van der Waals surface area contributed by atoms with Crippen LogP contribution in [0.5, 0.6) is 0 Å². The van der Waals surface area contributed by atoms with Crippen LogP contribution in [0.3, 0.4) is 0 Å². The van der Waals surface area contributed by atoms with Crippen molar-refractivity contribution in [3.63, 3.8) is 0 Å². The Morgan fingerprint density at radius 2 is 1.94 bits per heavy atom. The molecule has 3 aromatic rings. The molecule has 0 aliphatic carbocycles. The average molecular weight is 434 g/mol. The highest BCUT2D eigenvalue weighted by atomic mass is 32.2. The molecule has 1 aliphatic heterocycles. The second-order valence-electron chi connectivity index (χ2n) is 6.90. The zero-order valence-corrected chi connectivity index (χ0v) is 17.3. The van der Waals surface area contributed by atoms with Crippen LogP contribution in [-0.2, 0) is 11.3 Å². The van der Waals surface area contributed by atoms with Gasteiger partial charge >= 0.3 is 0 Å². The van der Waals surface area contributed by atoms with E-state index in [0.717, 1.165) is 5.56 Å². The number of nitriles is 1. The zero-order chi connectivity index (χ0) is 22.0. The van der Waals surface area contributed by atoms with Crippen molar-refractivity contribution >= 4 is 28.6 Å². The van der Waals surface area contributed by atoms with Gasteiger partial charge in [-0.2, -0.15) is 10.4 Å². The standard InChI is InChI=1S/C22H18N4O4S/c1-25(31(28)29)18-10-8-16(9-11-18)19-13-20(21-3-2-12-30-21)26(24-19)22(27)17-6-4-15(14-23)5-7-17/h2-12,20H,13H2,1H3,(H,28,29). The normalized spacial score (nSPS) is 16.5. The molecule has 8 nitrogen and oxygen atoms in total. The summed E-state index contributed by atoms with van der Waals surface area (Å²) >= 11 is -2.11. The molecule has 4 rings (SSSR count). The van der Waals surface area contributed by atoms with E-state index in [2.05, 4.69) is 5.10 Å². The summed E-state index contributed by atoms with van der Waals surface area (Å²) < 4.78 is 27.3. The Kier molecular flexibility index (Phi) is 5.66. The van der Waals surface area contributed by atoms with Crippen molar-refractivity contribution in [1.29, 1.82) is 5.26 Å². The molecule has 1 aliphatic rings. The number of hydrazone groups is 1. The number of rotatable bonds is 5. The van der Waals surface area contributed by atoms with Crippen molar-refractivity contribution < 1.29 is 18.0 Å². The van der Waals surface area contributed by atoms with Crippen LogP contribution in [0.2, 0.25) is 0 Å². The Morgan fingerprint density at radius 3 is 2.52 bits per heavy atom. The molecular weight excluding hydrogens is 416 g/mol. The van der Waals surface area contributed by atoms with Gasteiger partial charge in [0.25, 0.3) is 17.2 Å². The highest BCUT2D eigenvalue weighted by molar-refractivity contribution is 7.80. The summed E-state index contributed by atoms with van der Waals surface area (Å²) in [5.41, 5.74) is 2.97. The number of amides is 1. The number of hydrogen-bond acceptors (Lipinski definition) is 5. The minimum atomic E-state index is -2.11. The summed E-state index contributed by atoms with van der Waals surface area (Å²) in [6.45, 7) is 0. The number of furan rings is 1. The number of carbonyl (C=O) groups is 1. The second kappa shape index (κ2) is 8.55. The summed E-state index contributed by atoms with van der Waals surface area (Å²) in [7, 11) is 1.52. The molecule has 1 aromatic heterocycles. The Hall–Kier alpha value is -3.74. The van der Waals surface area contributed by atoms with Gasteiger partial charge in [-0.1, -0.05) is 12.1 Å². The van der Waals surface area contributed by atoms with E-state index in [1.807, 2.05) is 6.07 Å². The Labute approximate surface area is 181 Å². The topological polar surface area (TPSA) is 110 Å². The van der Waals surface area contributed by atoms with Crippen LogP contribution in [0.15, 0.2) is 76.4 Å². The molecule has 0 spiro atoms. The van der Waals surface area contributed by atoms with Crippen molar-refractivity contribution in [3.05, 3.63) is 89.4 Å². The van der Waals surface area contributed by atoms with Gasteiger partial charge in [-0.3, -0.25) is 13.7 Å². The molecule has 2 aromatic carbocycles. The molecular formula is C22H18N4O4S. The number of hydrogen-bond donors (Lipinski definition) is 1. The molecule has 31 heavy (non-hydrogen) atoms. The number of carbonyl (C=O) groups excluding carboxylic acids is 1. The summed E-state index contributed by atoms with van der Waals surface area (Å²) in [6.07, 6.45) is 2.01. The first-order valence-electron chi connectivity index (χ1n) is 9.37. The largest absolute Gasteiger partial charge is 0.467 e. The van der Waals surface area contributed by atoms with Gasteiger partial charge in [0.05, 0.1) is 29.3 Å². The SMILES string of the molecule is CN(c1ccc(C2=NN(C(=O)c3ccc(C#N)cc3)C(c3ccco3)C2)cc1)S(=O)O. The maximum absolute atomic E-state index is 13.2. The lowest BCUT2D eigenvalue weighted by atomic mass is 10.0. The van der Waals surface area contributed by atoms with Crippen LogP contribution in [0.1, 0.15) is 39.7 Å². The van der Waals surface area contributed by atoms with E-state index < -0.39 is 17.3 Å². The third-order valence-electron chi connectivity index (χ3n) is 5.05. The highest BCUT2D eigenvalue weighted by Gasteiger charge is 2.35. The molecule has 2 heterocycles. The van der Waals surface area contributed by atoms with Crippen LogP contribution in [0.4, 0.5) is 5.69 Å². The van der Waals surface area contributed by atoms with Crippen molar-refractivity contribution in [1.82, 2.24) is 5.01 Å². The monoisotopic (exact) mass is 434 g/mol. The zero-order valence-electron chi connectivity index (χ0n) is 16.5. The second-order valence-corrected chi connectivity index (χ2v) is 7.91. The first-order chi connectivity index (χ1) is 15.0. The van der Waals surface area contributed by atoms with E-state index >= 15 is 0 Å². The predicted molar refractivity (Wildman–Crippen MR) is 116 cm³/mol. The van der Waals surface area contributed by atoms with Gasteiger partial charge in [0.2, 0.25) is 0 Å². The van der Waals surface area contributed by atoms with Crippen LogP contribution < -0.4 is 4.31 Å². The molecule has 0 bridgehead atoms. The van der Waals surface area contributed by atoms with E-state index in [-0.39, 0.29) is 5.91 Å². The molecule has 1 N–H and O–H groups in total. The van der Waals surface area contributed by atoms with Crippen LogP contribution in [-0.4, -0.2) is 32.4 Å². The lowest BCUT2D eigenvalue weighted by molar-refractivity contribution is 0.0693. The van der Waals surface area contributed by atoms with Crippen molar-refractivity contribution in [2.24, 2.45) is 5.10 Å². The first-order valence-corrected chi connectivity index (χ1v) is 10.4. The van der Waals surface area contributed by atoms with Gasteiger partial charge in [0.15, 0.2) is 0 Å². The van der Waals surface area contributed by atoms with Gasteiger partial charge in [-0.05, 0) is 54.1 Å². The molecule has 2 atom stereocenters. The third-order valence-corrected chi connectivity index (χ3v) is 5.73. The Balaban J connectivity index is 1.65. The lowest BCUT2D eigenvalue weighted by Crippen LogP contribution is -2.26. The smallest absolute Gasteiger partial charge is 0.274 e. The third kappa shape index (κ3) is 4.12. The number of anilines is 1. The van der Waals surface area contributed by atoms with Gasteiger partial charge in [-0.15, -0.1) is 0 Å². The molecule has 0 saturated carbocycles. The summed E-state index contributed by atoms with van der Waals surface area (Å²) in [5.74, 6) is 0.320. The summed E-state index contributed by atoms with van der Waals surface area (Å²) in [5, 5.41) is 15.0. The van der Waals surface area contributed by atoms with Crippen molar-refractivity contribution in [2.45, 2.75) is 12.5 Å². The van der Waals surface area contributed by atoms with Gasteiger partial charge in [-0.25, -0.2) is 9.22 Å². The van der Waals surface area contributed by atoms with Gasteiger partial charge in [0, 0.05) is 19.0 Å². The van der Waals surface area contributed by atoms with Gasteiger partial charge < -0.3 is 4.42 Å².